The molecule has 0 radical (unpaired) electrons. The molecule has 6 nitrogen and oxygen atoms in total. The van der Waals surface area contributed by atoms with Crippen LogP contribution < -0.4 is 4.90 Å². The summed E-state index contributed by atoms with van der Waals surface area (Å²) in [4.78, 5) is 36.7. The fourth-order valence-corrected chi connectivity index (χ4v) is 4.55. The van der Waals surface area contributed by atoms with Crippen molar-refractivity contribution in [3.63, 3.8) is 0 Å². The summed E-state index contributed by atoms with van der Waals surface area (Å²) in [7, 11) is 0. The molecule has 0 aliphatic carbocycles. The number of hydrogen-bond donors (Lipinski definition) is 0. The number of fused-ring (bicyclic) bond motifs is 1. The zero-order valence-electron chi connectivity index (χ0n) is 20.7. The van der Waals surface area contributed by atoms with E-state index in [-0.39, 0.29) is 11.8 Å². The highest BCUT2D eigenvalue weighted by Crippen LogP contribution is 2.24. The van der Waals surface area contributed by atoms with Gasteiger partial charge >= 0.3 is 0 Å². The van der Waals surface area contributed by atoms with Crippen LogP contribution in [0.2, 0.25) is 0 Å². The Morgan fingerprint density at radius 1 is 0.886 bits per heavy atom. The van der Waals surface area contributed by atoms with Gasteiger partial charge in [0.1, 0.15) is 0 Å². The number of rotatable bonds is 4. The van der Waals surface area contributed by atoms with Crippen molar-refractivity contribution >= 4 is 17.5 Å². The number of aromatic nitrogens is 1. The molecule has 35 heavy (non-hydrogen) atoms. The van der Waals surface area contributed by atoms with Crippen LogP contribution in [-0.4, -0.2) is 52.8 Å². The van der Waals surface area contributed by atoms with Gasteiger partial charge in [-0.15, -0.1) is 0 Å². The smallest absolute Gasteiger partial charge is 0.227 e. The van der Waals surface area contributed by atoms with Crippen molar-refractivity contribution in [2.45, 2.75) is 39.8 Å². The van der Waals surface area contributed by atoms with Crippen molar-refractivity contribution in [2.75, 3.05) is 31.1 Å². The molecule has 0 saturated carbocycles. The summed E-state index contributed by atoms with van der Waals surface area (Å²) < 4.78 is 0. The van der Waals surface area contributed by atoms with E-state index in [1.54, 1.807) is 6.92 Å². The van der Waals surface area contributed by atoms with E-state index in [4.69, 9.17) is 0 Å². The Hall–Kier alpha value is -3.51. The summed E-state index contributed by atoms with van der Waals surface area (Å²) in [5, 5.41) is 0. The first-order valence-electron chi connectivity index (χ1n) is 12.3. The summed E-state index contributed by atoms with van der Waals surface area (Å²) in [6, 6.07) is 22.1. The van der Waals surface area contributed by atoms with Gasteiger partial charge in [-0.3, -0.25) is 19.5 Å². The van der Waals surface area contributed by atoms with Crippen molar-refractivity contribution in [2.24, 2.45) is 0 Å². The van der Waals surface area contributed by atoms with Crippen molar-refractivity contribution in [3.8, 4) is 0 Å². The summed E-state index contributed by atoms with van der Waals surface area (Å²) in [6.45, 7) is 7.68. The maximum Gasteiger partial charge on any atom is 0.227 e. The van der Waals surface area contributed by atoms with Gasteiger partial charge in [-0.1, -0.05) is 54.1 Å². The molecule has 0 bridgehead atoms. The molecule has 182 valence electrons. The van der Waals surface area contributed by atoms with Gasteiger partial charge in [0.2, 0.25) is 11.8 Å². The van der Waals surface area contributed by atoms with E-state index in [0.29, 0.717) is 32.6 Å². The number of pyridine rings is 1. The standard InChI is InChI=1S/C29H34N4O2/c1-23-11-13-25(14-12-23)20-29(35)32-19-18-31(22-27-9-5-6-15-30-27)16-7-17-33(24(2)34)28-10-4-3-8-26(28)21-32/h3-6,8-15H,7,16-22H2,1-2H3. The zero-order chi connectivity index (χ0) is 24.6. The van der Waals surface area contributed by atoms with Crippen molar-refractivity contribution in [1.82, 2.24) is 14.8 Å². The minimum Gasteiger partial charge on any atom is -0.337 e. The van der Waals surface area contributed by atoms with Crippen LogP contribution in [0.25, 0.3) is 0 Å². The molecular weight excluding hydrogens is 436 g/mol. The molecule has 6 heteroatoms. The molecule has 0 N–H and O–H groups in total. The lowest BCUT2D eigenvalue weighted by Crippen LogP contribution is -2.39. The molecule has 0 fully saturated rings. The Morgan fingerprint density at radius 3 is 2.40 bits per heavy atom. The molecule has 0 unspecified atom stereocenters. The van der Waals surface area contributed by atoms with Gasteiger partial charge in [0.25, 0.3) is 0 Å². The Morgan fingerprint density at radius 2 is 1.66 bits per heavy atom. The average Bonchev–Trinajstić information content (AvgIpc) is 2.89. The minimum absolute atomic E-state index is 0.0190. The van der Waals surface area contributed by atoms with Crippen LogP contribution in [0.3, 0.4) is 0 Å². The van der Waals surface area contributed by atoms with E-state index in [9.17, 15) is 9.59 Å². The topological polar surface area (TPSA) is 56.8 Å². The van der Waals surface area contributed by atoms with E-state index in [1.165, 1.54) is 5.56 Å². The lowest BCUT2D eigenvalue weighted by atomic mass is 10.1. The first-order chi connectivity index (χ1) is 17.0. The third kappa shape index (κ3) is 6.76. The van der Waals surface area contributed by atoms with Crippen molar-refractivity contribution in [3.05, 3.63) is 95.3 Å². The molecule has 0 spiro atoms. The number of carbonyl (C=O) groups is 2. The van der Waals surface area contributed by atoms with Gasteiger partial charge in [-0.2, -0.15) is 0 Å². The second-order valence-electron chi connectivity index (χ2n) is 9.23. The normalized spacial score (nSPS) is 15.3. The van der Waals surface area contributed by atoms with E-state index in [1.807, 2.05) is 89.7 Å². The van der Waals surface area contributed by atoms with E-state index in [0.717, 1.165) is 42.0 Å². The van der Waals surface area contributed by atoms with E-state index < -0.39 is 0 Å². The van der Waals surface area contributed by atoms with Crippen molar-refractivity contribution < 1.29 is 9.59 Å². The number of anilines is 1. The van der Waals surface area contributed by atoms with Crippen LogP contribution in [0.5, 0.6) is 0 Å². The predicted molar refractivity (Wildman–Crippen MR) is 139 cm³/mol. The van der Waals surface area contributed by atoms with E-state index >= 15 is 0 Å². The van der Waals surface area contributed by atoms with Gasteiger partial charge in [0, 0.05) is 58.1 Å². The Balaban J connectivity index is 1.61. The van der Waals surface area contributed by atoms with Gasteiger partial charge < -0.3 is 9.80 Å². The number of amides is 2. The highest BCUT2D eigenvalue weighted by Gasteiger charge is 2.22. The molecule has 1 aliphatic rings. The summed E-state index contributed by atoms with van der Waals surface area (Å²) >= 11 is 0. The van der Waals surface area contributed by atoms with Gasteiger partial charge in [-0.05, 0) is 42.7 Å². The maximum atomic E-state index is 13.5. The lowest BCUT2D eigenvalue weighted by Gasteiger charge is -2.28. The SMILES string of the molecule is CC(=O)N1CCCN(Cc2ccccn2)CCN(C(=O)Cc2ccc(C)cc2)Cc2ccccc21. The lowest BCUT2D eigenvalue weighted by molar-refractivity contribution is -0.131. The molecule has 1 aliphatic heterocycles. The molecule has 0 atom stereocenters. The zero-order valence-corrected chi connectivity index (χ0v) is 20.7. The number of carbonyl (C=O) groups excluding carboxylic acids is 2. The highest BCUT2D eigenvalue weighted by molar-refractivity contribution is 5.92. The largest absolute Gasteiger partial charge is 0.337 e. The maximum absolute atomic E-state index is 13.5. The van der Waals surface area contributed by atoms with Gasteiger partial charge in [-0.25, -0.2) is 0 Å². The number of hydrogen-bond acceptors (Lipinski definition) is 4. The van der Waals surface area contributed by atoms with Crippen LogP contribution in [0, 0.1) is 6.92 Å². The second kappa shape index (κ2) is 11.8. The molecule has 3 aromatic rings. The molecule has 0 saturated heterocycles. The predicted octanol–water partition coefficient (Wildman–Crippen LogP) is 4.22. The number of nitrogens with zero attached hydrogens (tertiary/aromatic N) is 4. The Labute approximate surface area is 208 Å². The van der Waals surface area contributed by atoms with Crippen LogP contribution in [-0.2, 0) is 29.1 Å². The van der Waals surface area contributed by atoms with Crippen molar-refractivity contribution in [1.29, 1.82) is 0 Å². The Kier molecular flexibility index (Phi) is 8.27. The molecule has 4 rings (SSSR count). The first kappa shape index (κ1) is 24.6. The van der Waals surface area contributed by atoms with Crippen LogP contribution >= 0.6 is 0 Å². The second-order valence-corrected chi connectivity index (χ2v) is 9.23. The fourth-order valence-electron chi connectivity index (χ4n) is 4.55. The number of aryl methyl sites for hydroxylation is 1. The number of para-hydroxylation sites is 1. The van der Waals surface area contributed by atoms with Crippen LogP contribution in [0.4, 0.5) is 5.69 Å². The van der Waals surface area contributed by atoms with Crippen LogP contribution in [0.15, 0.2) is 72.9 Å². The average molecular weight is 471 g/mol. The minimum atomic E-state index is 0.0190. The molecule has 2 amide bonds. The highest BCUT2D eigenvalue weighted by atomic mass is 16.2. The number of benzene rings is 2. The summed E-state index contributed by atoms with van der Waals surface area (Å²) in [5.74, 6) is 0.112. The molecule has 2 aromatic carbocycles. The van der Waals surface area contributed by atoms with Crippen LogP contribution in [0.1, 0.15) is 35.7 Å². The first-order valence-corrected chi connectivity index (χ1v) is 12.3. The summed E-state index contributed by atoms with van der Waals surface area (Å²) in [5.41, 5.74) is 5.09. The monoisotopic (exact) mass is 470 g/mol. The van der Waals surface area contributed by atoms with E-state index in [2.05, 4.69) is 9.88 Å². The van der Waals surface area contributed by atoms with Gasteiger partial charge in [0.05, 0.1) is 12.1 Å². The van der Waals surface area contributed by atoms with Gasteiger partial charge in [0.15, 0.2) is 0 Å². The summed E-state index contributed by atoms with van der Waals surface area (Å²) in [6.07, 6.45) is 3.02. The third-order valence-corrected chi connectivity index (χ3v) is 6.51. The fraction of sp³-hybridized carbons (Fsp3) is 0.345. The molecule has 2 heterocycles. The third-order valence-electron chi connectivity index (χ3n) is 6.51. The molecule has 1 aromatic heterocycles. The quantitative estimate of drug-likeness (QED) is 0.573. The molecular formula is C29H34N4O2. The Bertz CT molecular complexity index is 1130.